The summed E-state index contributed by atoms with van der Waals surface area (Å²) in [7, 11) is 0. The number of hydrogen-bond donors (Lipinski definition) is 3. The summed E-state index contributed by atoms with van der Waals surface area (Å²) < 4.78 is 0. The third-order valence-corrected chi connectivity index (χ3v) is 3.08. The van der Waals surface area contributed by atoms with Crippen LogP contribution in [0.25, 0.3) is 0 Å². The number of anilines is 4. The third-order valence-electron chi connectivity index (χ3n) is 3.08. The molecule has 0 aliphatic heterocycles. The van der Waals surface area contributed by atoms with Crippen molar-refractivity contribution >= 4 is 23.3 Å². The molecule has 2 aromatic rings. The van der Waals surface area contributed by atoms with Gasteiger partial charge >= 0.3 is 0 Å². The zero-order valence-electron chi connectivity index (χ0n) is 12.2. The third kappa shape index (κ3) is 3.60. The number of aryl methyl sites for hydroxylation is 2. The minimum Gasteiger partial charge on any atom is -0.370 e. The second-order valence-electron chi connectivity index (χ2n) is 4.85. The first-order valence-electron chi connectivity index (χ1n) is 6.81. The van der Waals surface area contributed by atoms with E-state index < -0.39 is 0 Å². The van der Waals surface area contributed by atoms with Crippen LogP contribution in [-0.4, -0.2) is 16.5 Å². The molecule has 0 atom stereocenters. The van der Waals surface area contributed by atoms with Gasteiger partial charge in [0, 0.05) is 18.3 Å². The lowest BCUT2D eigenvalue weighted by Gasteiger charge is -2.10. The Hall–Kier alpha value is -2.30. The molecular weight excluding hydrogens is 250 g/mol. The molecule has 0 radical (unpaired) electrons. The van der Waals surface area contributed by atoms with Crippen molar-refractivity contribution in [2.45, 2.75) is 27.2 Å². The first-order valence-corrected chi connectivity index (χ1v) is 6.81. The lowest BCUT2D eigenvalue weighted by Crippen LogP contribution is -2.06. The second-order valence-corrected chi connectivity index (χ2v) is 4.85. The summed E-state index contributed by atoms with van der Waals surface area (Å²) in [5.74, 6) is 1.70. The van der Waals surface area contributed by atoms with Crippen molar-refractivity contribution in [3.05, 3.63) is 35.4 Å². The monoisotopic (exact) mass is 271 g/mol. The quantitative estimate of drug-likeness (QED) is 0.778. The molecule has 0 amide bonds. The number of rotatable bonds is 5. The molecule has 1 heterocycles. The van der Waals surface area contributed by atoms with Gasteiger partial charge in [-0.3, -0.25) is 0 Å². The molecule has 0 unspecified atom stereocenters. The fourth-order valence-corrected chi connectivity index (χ4v) is 1.84. The molecular formula is C15H21N5. The summed E-state index contributed by atoms with van der Waals surface area (Å²) in [6.45, 7) is 7.14. The Morgan fingerprint density at radius 2 is 1.80 bits per heavy atom. The second kappa shape index (κ2) is 6.23. The van der Waals surface area contributed by atoms with Crippen molar-refractivity contribution in [2.24, 2.45) is 0 Å². The summed E-state index contributed by atoms with van der Waals surface area (Å²) in [5.41, 5.74) is 9.23. The molecule has 20 heavy (non-hydrogen) atoms. The highest BCUT2D eigenvalue weighted by molar-refractivity contribution is 5.61. The summed E-state index contributed by atoms with van der Waals surface area (Å²) >= 11 is 0. The Kier molecular flexibility index (Phi) is 4.40. The van der Waals surface area contributed by atoms with E-state index in [0.717, 1.165) is 24.5 Å². The molecule has 1 aromatic heterocycles. The molecule has 2 rings (SSSR count). The van der Waals surface area contributed by atoms with Crippen LogP contribution in [0.3, 0.4) is 0 Å². The van der Waals surface area contributed by atoms with Gasteiger partial charge in [-0.05, 0) is 43.5 Å². The van der Waals surface area contributed by atoms with Gasteiger partial charge in [0.2, 0.25) is 5.95 Å². The highest BCUT2D eigenvalue weighted by atomic mass is 15.1. The van der Waals surface area contributed by atoms with Gasteiger partial charge in [0.1, 0.15) is 11.6 Å². The number of nitrogen functional groups attached to an aromatic ring is 1. The first kappa shape index (κ1) is 14.1. The maximum Gasteiger partial charge on any atom is 0.223 e. The van der Waals surface area contributed by atoms with E-state index in [0.29, 0.717) is 5.82 Å². The molecule has 5 heteroatoms. The van der Waals surface area contributed by atoms with E-state index in [4.69, 9.17) is 5.73 Å². The van der Waals surface area contributed by atoms with Gasteiger partial charge in [-0.15, -0.1) is 0 Å². The van der Waals surface area contributed by atoms with E-state index >= 15 is 0 Å². The summed E-state index contributed by atoms with van der Waals surface area (Å²) in [6.07, 6.45) is 1.03. The Morgan fingerprint density at radius 3 is 2.50 bits per heavy atom. The number of aromatic nitrogens is 2. The van der Waals surface area contributed by atoms with Gasteiger partial charge in [0.05, 0.1) is 0 Å². The smallest absolute Gasteiger partial charge is 0.223 e. The Labute approximate surface area is 119 Å². The normalized spacial score (nSPS) is 10.3. The fraction of sp³-hybridized carbons (Fsp3) is 0.333. The van der Waals surface area contributed by atoms with Crippen LogP contribution in [0, 0.1) is 13.8 Å². The molecule has 0 saturated heterocycles. The highest BCUT2D eigenvalue weighted by Crippen LogP contribution is 2.20. The number of hydrogen-bond acceptors (Lipinski definition) is 5. The van der Waals surface area contributed by atoms with Gasteiger partial charge in [0.25, 0.3) is 0 Å². The van der Waals surface area contributed by atoms with Crippen LogP contribution in [0.5, 0.6) is 0 Å². The van der Waals surface area contributed by atoms with Crippen molar-refractivity contribution in [3.8, 4) is 0 Å². The van der Waals surface area contributed by atoms with Crippen molar-refractivity contribution in [2.75, 3.05) is 22.9 Å². The molecule has 0 aliphatic carbocycles. The van der Waals surface area contributed by atoms with Gasteiger partial charge in [0.15, 0.2) is 0 Å². The molecule has 0 bridgehead atoms. The first-order chi connectivity index (χ1) is 9.58. The van der Waals surface area contributed by atoms with Gasteiger partial charge in [-0.25, -0.2) is 0 Å². The Bertz CT molecular complexity index is 595. The van der Waals surface area contributed by atoms with Crippen LogP contribution in [-0.2, 0) is 0 Å². The average molecular weight is 271 g/mol. The van der Waals surface area contributed by atoms with E-state index in [9.17, 15) is 0 Å². The van der Waals surface area contributed by atoms with Gasteiger partial charge < -0.3 is 16.4 Å². The largest absolute Gasteiger partial charge is 0.370 e. The maximum absolute atomic E-state index is 5.74. The van der Waals surface area contributed by atoms with Crippen molar-refractivity contribution in [1.29, 1.82) is 0 Å². The molecule has 106 valence electrons. The van der Waals surface area contributed by atoms with Crippen molar-refractivity contribution < 1.29 is 0 Å². The summed E-state index contributed by atoms with van der Waals surface area (Å²) in [4.78, 5) is 8.37. The predicted molar refractivity (Wildman–Crippen MR) is 84.4 cm³/mol. The maximum atomic E-state index is 5.74. The fourth-order valence-electron chi connectivity index (χ4n) is 1.84. The average Bonchev–Trinajstić information content (AvgIpc) is 2.40. The molecule has 5 nitrogen and oxygen atoms in total. The topological polar surface area (TPSA) is 75.9 Å². The summed E-state index contributed by atoms with van der Waals surface area (Å²) in [5, 5.41) is 6.47. The lowest BCUT2D eigenvalue weighted by molar-refractivity contribution is 0.967. The number of nitrogens with zero attached hydrogens (tertiary/aromatic N) is 2. The van der Waals surface area contributed by atoms with E-state index in [1.54, 1.807) is 0 Å². The van der Waals surface area contributed by atoms with Gasteiger partial charge in [-0.2, -0.15) is 9.97 Å². The molecule has 0 spiro atoms. The van der Waals surface area contributed by atoms with E-state index in [1.165, 1.54) is 11.1 Å². The van der Waals surface area contributed by atoms with E-state index in [1.807, 2.05) is 12.1 Å². The Morgan fingerprint density at radius 1 is 1.05 bits per heavy atom. The van der Waals surface area contributed by atoms with Crippen LogP contribution in [0.4, 0.5) is 23.3 Å². The molecule has 0 aliphatic rings. The number of nitrogens with two attached hydrogens (primary N) is 1. The predicted octanol–water partition coefficient (Wildman–Crippen LogP) is 3.24. The van der Waals surface area contributed by atoms with Crippen molar-refractivity contribution in [3.63, 3.8) is 0 Å². The Balaban J connectivity index is 2.19. The SMILES string of the molecule is CCCNc1cc(Nc2ccc(C)c(C)c2)nc(N)n1. The highest BCUT2D eigenvalue weighted by Gasteiger charge is 2.03. The molecule has 0 fully saturated rings. The van der Waals surface area contributed by atoms with Crippen LogP contribution in [0.1, 0.15) is 24.5 Å². The molecule has 0 saturated carbocycles. The van der Waals surface area contributed by atoms with Crippen LogP contribution in [0.2, 0.25) is 0 Å². The summed E-state index contributed by atoms with van der Waals surface area (Å²) in [6, 6.07) is 8.06. The van der Waals surface area contributed by atoms with Crippen LogP contribution < -0.4 is 16.4 Å². The zero-order valence-corrected chi connectivity index (χ0v) is 12.2. The van der Waals surface area contributed by atoms with Crippen LogP contribution >= 0.6 is 0 Å². The zero-order chi connectivity index (χ0) is 14.5. The van der Waals surface area contributed by atoms with Crippen LogP contribution in [0.15, 0.2) is 24.3 Å². The minimum atomic E-state index is 0.262. The lowest BCUT2D eigenvalue weighted by atomic mass is 10.1. The number of benzene rings is 1. The molecule has 1 aromatic carbocycles. The van der Waals surface area contributed by atoms with E-state index in [2.05, 4.69) is 53.5 Å². The van der Waals surface area contributed by atoms with Gasteiger partial charge in [-0.1, -0.05) is 13.0 Å². The minimum absolute atomic E-state index is 0.262. The standard InChI is InChI=1S/C15H21N5/c1-4-7-17-13-9-14(20-15(16)19-13)18-12-6-5-10(2)11(3)8-12/h5-6,8-9H,4,7H2,1-3H3,(H4,16,17,18,19,20). The molecule has 4 N–H and O–H groups in total. The van der Waals surface area contributed by atoms with E-state index in [-0.39, 0.29) is 5.95 Å². The van der Waals surface area contributed by atoms with Crippen molar-refractivity contribution in [1.82, 2.24) is 9.97 Å². The number of nitrogens with one attached hydrogen (secondary N) is 2.